The first-order valence-corrected chi connectivity index (χ1v) is 12.8. The minimum absolute atomic E-state index is 0.0444. The molecule has 0 aliphatic heterocycles. The van der Waals surface area contributed by atoms with Crippen LogP contribution in [0, 0.1) is 0 Å². The highest BCUT2D eigenvalue weighted by molar-refractivity contribution is 8.01. The molecule has 0 spiro atoms. The Morgan fingerprint density at radius 2 is 1.03 bits per heavy atom. The number of thiocarbonyl (C=S) groups is 2. The van der Waals surface area contributed by atoms with Gasteiger partial charge in [-0.15, -0.1) is 11.8 Å². The predicted octanol–water partition coefficient (Wildman–Crippen LogP) is 6.64. The molecule has 37 heavy (non-hydrogen) atoms. The average molecular weight is 539 g/mol. The molecule has 0 unspecified atom stereocenters. The molecule has 0 amide bonds. The Labute approximate surface area is 228 Å². The number of para-hydroxylation sites is 2. The fraction of sp³-hybridized carbons (Fsp3) is 0.143. The Kier molecular flexibility index (Phi) is 8.42. The van der Waals surface area contributed by atoms with Gasteiger partial charge < -0.3 is 0 Å². The molecule has 0 saturated heterocycles. The minimum atomic E-state index is -0.903. The normalized spacial score (nSPS) is 25.2. The van der Waals surface area contributed by atoms with E-state index in [9.17, 15) is 9.59 Å². The summed E-state index contributed by atoms with van der Waals surface area (Å²) >= 11 is 11.5. The maximum atomic E-state index is 10.9. The van der Waals surface area contributed by atoms with Crippen molar-refractivity contribution in [3.05, 3.63) is 108 Å². The average Bonchev–Trinajstić information content (AvgIpc) is 2.92. The second-order valence-corrected chi connectivity index (χ2v) is 9.73. The molecule has 0 aromatic heterocycles. The van der Waals surface area contributed by atoms with E-state index in [4.69, 9.17) is 24.4 Å². The van der Waals surface area contributed by atoms with Crippen LogP contribution in [0.3, 0.4) is 0 Å². The molecule has 0 saturated carbocycles. The Hall–Kier alpha value is -3.89. The lowest BCUT2D eigenvalue weighted by Crippen LogP contribution is -2.24. The Balaban J connectivity index is 1.57. The number of carbonyl (C=O) groups excluding carboxylic acids is 2. The zero-order valence-electron chi connectivity index (χ0n) is 19.2. The molecule has 0 heterocycles. The Bertz CT molecular complexity index is 1380. The molecule has 0 fully saturated rings. The summed E-state index contributed by atoms with van der Waals surface area (Å²) in [5, 5.41) is 5.03. The SMILES string of the molecule is O=C=Nc1ccccc1C1(N=C=S)C=CC(SC2C=CC(N=C=S)(c3ccccc3N=C=O)C=C2)C=C1. The lowest BCUT2D eigenvalue weighted by atomic mass is 9.85. The summed E-state index contributed by atoms with van der Waals surface area (Å²) in [4.78, 5) is 38.3. The van der Waals surface area contributed by atoms with Crippen molar-refractivity contribution < 1.29 is 9.59 Å². The topological polar surface area (TPSA) is 83.6 Å². The van der Waals surface area contributed by atoms with Crippen molar-refractivity contribution in [3.63, 3.8) is 0 Å². The van der Waals surface area contributed by atoms with Crippen LogP contribution in [0.5, 0.6) is 0 Å². The molecule has 0 bridgehead atoms. The first-order valence-electron chi connectivity index (χ1n) is 11.1. The van der Waals surface area contributed by atoms with Gasteiger partial charge in [0.1, 0.15) is 11.1 Å². The summed E-state index contributed by atoms with van der Waals surface area (Å²) in [7, 11) is 0. The third-order valence-corrected chi connectivity index (χ3v) is 7.38. The highest BCUT2D eigenvalue weighted by Gasteiger charge is 2.33. The van der Waals surface area contributed by atoms with Crippen molar-refractivity contribution in [3.8, 4) is 0 Å². The van der Waals surface area contributed by atoms with Crippen LogP contribution < -0.4 is 0 Å². The van der Waals surface area contributed by atoms with Crippen LogP contribution in [-0.2, 0) is 20.7 Å². The molecule has 6 nitrogen and oxygen atoms in total. The van der Waals surface area contributed by atoms with Crippen molar-refractivity contribution >= 4 is 70.1 Å². The van der Waals surface area contributed by atoms with Gasteiger partial charge in [-0.05, 0) is 36.6 Å². The van der Waals surface area contributed by atoms with Crippen LogP contribution in [0.4, 0.5) is 11.4 Å². The van der Waals surface area contributed by atoms with Crippen LogP contribution in [0.25, 0.3) is 0 Å². The van der Waals surface area contributed by atoms with Crippen molar-refractivity contribution in [2.45, 2.75) is 21.6 Å². The molecule has 2 aromatic carbocycles. The quantitative estimate of drug-likeness (QED) is 0.163. The van der Waals surface area contributed by atoms with E-state index >= 15 is 0 Å². The van der Waals surface area contributed by atoms with Gasteiger partial charge in [0, 0.05) is 21.6 Å². The van der Waals surface area contributed by atoms with Crippen molar-refractivity contribution in [1.29, 1.82) is 0 Å². The van der Waals surface area contributed by atoms with Gasteiger partial charge >= 0.3 is 0 Å². The fourth-order valence-electron chi connectivity index (χ4n) is 4.27. The third kappa shape index (κ3) is 5.60. The van der Waals surface area contributed by atoms with Gasteiger partial charge in [-0.1, -0.05) is 85.0 Å². The zero-order valence-corrected chi connectivity index (χ0v) is 21.7. The summed E-state index contributed by atoms with van der Waals surface area (Å²) in [5.74, 6) is 0. The summed E-state index contributed by atoms with van der Waals surface area (Å²) in [6.07, 6.45) is 19.1. The number of hydrogen-bond acceptors (Lipinski definition) is 9. The molecule has 180 valence electrons. The number of benzene rings is 2. The van der Waals surface area contributed by atoms with Gasteiger partial charge in [-0.3, -0.25) is 0 Å². The summed E-state index contributed by atoms with van der Waals surface area (Å²) in [6, 6.07) is 14.5. The highest BCUT2D eigenvalue weighted by Crippen LogP contribution is 2.42. The lowest BCUT2D eigenvalue weighted by Gasteiger charge is -2.30. The van der Waals surface area contributed by atoms with E-state index in [1.807, 2.05) is 72.9 Å². The van der Waals surface area contributed by atoms with Gasteiger partial charge in [0.25, 0.3) is 0 Å². The minimum Gasteiger partial charge on any atom is -0.212 e. The summed E-state index contributed by atoms with van der Waals surface area (Å²) in [5.41, 5.74) is 0.562. The van der Waals surface area contributed by atoms with Crippen molar-refractivity contribution in [2.75, 3.05) is 0 Å². The molecule has 2 aliphatic rings. The first kappa shape index (κ1) is 26.2. The van der Waals surface area contributed by atoms with E-state index in [2.05, 4.69) is 30.3 Å². The largest absolute Gasteiger partial charge is 0.240 e. The van der Waals surface area contributed by atoms with Gasteiger partial charge in [0.05, 0.1) is 21.7 Å². The maximum Gasteiger partial charge on any atom is 0.240 e. The van der Waals surface area contributed by atoms with Gasteiger partial charge in [0.2, 0.25) is 12.2 Å². The predicted molar refractivity (Wildman–Crippen MR) is 154 cm³/mol. The molecule has 4 rings (SSSR count). The molecule has 0 radical (unpaired) electrons. The van der Waals surface area contributed by atoms with Crippen LogP contribution >= 0.6 is 36.2 Å². The number of hydrogen-bond donors (Lipinski definition) is 0. The van der Waals surface area contributed by atoms with Crippen molar-refractivity contribution in [2.24, 2.45) is 20.0 Å². The van der Waals surface area contributed by atoms with E-state index in [1.54, 1.807) is 48.2 Å². The standard InChI is InChI=1S/C28H18N4O2S3/c33-17-29-25-7-3-1-5-23(25)27(31-19-35)13-9-21(10-14-27)37-22-11-15-28(16-12-22,32-20-36)24-6-2-4-8-26(24)30-18-34/h1-16,21-22H. The second-order valence-electron chi connectivity index (χ2n) is 8.00. The van der Waals surface area contributed by atoms with Crippen LogP contribution in [0.2, 0.25) is 0 Å². The molecule has 0 N–H and O–H groups in total. The third-order valence-electron chi connectivity index (χ3n) is 5.94. The van der Waals surface area contributed by atoms with Gasteiger partial charge in [0.15, 0.2) is 0 Å². The second kappa shape index (κ2) is 11.9. The lowest BCUT2D eigenvalue weighted by molar-refractivity contribution is 0.564. The number of aliphatic imine (C=N–C) groups is 4. The number of nitrogens with zero attached hydrogens (tertiary/aromatic N) is 4. The van der Waals surface area contributed by atoms with E-state index < -0.39 is 11.1 Å². The number of isothiocyanates is 2. The molecular weight excluding hydrogens is 521 g/mol. The number of rotatable bonds is 8. The molecular formula is C28H18N4O2S3. The molecule has 2 aromatic rings. The Morgan fingerprint density at radius 1 is 0.649 bits per heavy atom. The fourth-order valence-corrected chi connectivity index (χ4v) is 5.61. The van der Waals surface area contributed by atoms with E-state index in [-0.39, 0.29) is 10.5 Å². The van der Waals surface area contributed by atoms with E-state index in [0.717, 1.165) is 0 Å². The van der Waals surface area contributed by atoms with Crippen LogP contribution in [0.1, 0.15) is 11.1 Å². The zero-order chi connectivity index (χ0) is 26.1. The number of thioether (sulfide) groups is 1. The Morgan fingerprint density at radius 3 is 1.38 bits per heavy atom. The van der Waals surface area contributed by atoms with Crippen LogP contribution in [0.15, 0.2) is 117 Å². The highest BCUT2D eigenvalue weighted by atomic mass is 32.2. The summed E-state index contributed by atoms with van der Waals surface area (Å²) in [6.45, 7) is 0. The van der Waals surface area contributed by atoms with E-state index in [1.165, 1.54) is 0 Å². The smallest absolute Gasteiger partial charge is 0.212 e. The molecule has 9 heteroatoms. The molecule has 2 aliphatic carbocycles. The first-order chi connectivity index (χ1) is 18.1. The summed E-state index contributed by atoms with van der Waals surface area (Å²) < 4.78 is 0. The van der Waals surface area contributed by atoms with Gasteiger partial charge in [-0.2, -0.15) is 9.98 Å². The molecule has 0 atom stereocenters. The van der Waals surface area contributed by atoms with Gasteiger partial charge in [-0.25, -0.2) is 19.6 Å². The van der Waals surface area contributed by atoms with E-state index in [0.29, 0.717) is 22.5 Å². The monoisotopic (exact) mass is 538 g/mol. The van der Waals surface area contributed by atoms with Crippen molar-refractivity contribution in [1.82, 2.24) is 0 Å². The van der Waals surface area contributed by atoms with Crippen LogP contribution in [-0.4, -0.2) is 33.0 Å². The number of isocyanates is 2. The maximum absolute atomic E-state index is 10.9.